The zero-order valence-electron chi connectivity index (χ0n) is 18.7. The summed E-state index contributed by atoms with van der Waals surface area (Å²) in [4.78, 5) is 27.2. The summed E-state index contributed by atoms with van der Waals surface area (Å²) < 4.78 is 29.1. The number of likely N-dealkylation sites (tertiary alicyclic amines) is 1. The van der Waals surface area contributed by atoms with Crippen molar-refractivity contribution in [3.8, 4) is 17.2 Å². The lowest BCUT2D eigenvalue weighted by Crippen LogP contribution is -2.45. The van der Waals surface area contributed by atoms with Crippen LogP contribution in [0.25, 0.3) is 0 Å². The van der Waals surface area contributed by atoms with E-state index in [-0.39, 0.29) is 36.5 Å². The molecule has 0 spiro atoms. The molecule has 2 amide bonds. The second-order valence-electron chi connectivity index (χ2n) is 7.72. The highest BCUT2D eigenvalue weighted by Crippen LogP contribution is 2.34. The average Bonchev–Trinajstić information content (AvgIpc) is 2.83. The van der Waals surface area contributed by atoms with Crippen LogP contribution in [0.1, 0.15) is 24.0 Å². The Labute approximate surface area is 187 Å². The quantitative estimate of drug-likeness (QED) is 0.678. The zero-order chi connectivity index (χ0) is 23.1. The number of benzene rings is 2. The van der Waals surface area contributed by atoms with E-state index >= 15 is 0 Å². The van der Waals surface area contributed by atoms with E-state index in [1.807, 2.05) is 0 Å². The molecule has 8 heteroatoms. The second kappa shape index (κ2) is 10.8. The number of carbonyl (C=O) groups excluding carboxylic acids is 2. The Hall–Kier alpha value is -3.29. The predicted octanol–water partition coefficient (Wildman–Crippen LogP) is 2.95. The monoisotopic (exact) mass is 444 g/mol. The molecule has 1 unspecified atom stereocenters. The average molecular weight is 445 g/mol. The lowest BCUT2D eigenvalue weighted by molar-refractivity contribution is -0.135. The van der Waals surface area contributed by atoms with E-state index in [1.165, 1.54) is 12.1 Å². The molecular weight excluding hydrogens is 415 g/mol. The van der Waals surface area contributed by atoms with Crippen LogP contribution in [0.15, 0.2) is 36.4 Å². The van der Waals surface area contributed by atoms with Crippen molar-refractivity contribution in [3.05, 3.63) is 53.3 Å². The van der Waals surface area contributed by atoms with Gasteiger partial charge >= 0.3 is 0 Å². The molecule has 1 fully saturated rings. The van der Waals surface area contributed by atoms with Gasteiger partial charge in [-0.25, -0.2) is 4.39 Å². The van der Waals surface area contributed by atoms with E-state index in [4.69, 9.17) is 14.2 Å². The molecule has 1 N–H and O–H groups in total. The number of halogens is 1. The van der Waals surface area contributed by atoms with Crippen LogP contribution in [0.2, 0.25) is 0 Å². The summed E-state index contributed by atoms with van der Waals surface area (Å²) in [7, 11) is 4.65. The summed E-state index contributed by atoms with van der Waals surface area (Å²) >= 11 is 0. The molecule has 1 atom stereocenters. The number of amides is 2. The Bertz CT molecular complexity index is 948. The Balaban J connectivity index is 1.59. The minimum absolute atomic E-state index is 0.0596. The molecule has 1 aliphatic heterocycles. The number of hydrogen-bond acceptors (Lipinski definition) is 5. The molecule has 0 radical (unpaired) electrons. The zero-order valence-corrected chi connectivity index (χ0v) is 18.7. The third-order valence-corrected chi connectivity index (χ3v) is 5.65. The summed E-state index contributed by atoms with van der Waals surface area (Å²) in [5.41, 5.74) is 1.52. The van der Waals surface area contributed by atoms with Gasteiger partial charge in [0.15, 0.2) is 11.5 Å². The van der Waals surface area contributed by atoms with Crippen molar-refractivity contribution >= 4 is 11.8 Å². The second-order valence-corrected chi connectivity index (χ2v) is 7.72. The lowest BCUT2D eigenvalue weighted by Gasteiger charge is -2.32. The van der Waals surface area contributed by atoms with Gasteiger partial charge in [-0.1, -0.05) is 12.1 Å². The maximum Gasteiger partial charge on any atom is 0.227 e. The van der Waals surface area contributed by atoms with E-state index in [0.717, 1.165) is 24.0 Å². The van der Waals surface area contributed by atoms with E-state index < -0.39 is 0 Å². The Morgan fingerprint density at radius 3 is 2.34 bits per heavy atom. The Morgan fingerprint density at radius 2 is 1.69 bits per heavy atom. The molecule has 0 bridgehead atoms. The van der Waals surface area contributed by atoms with E-state index in [2.05, 4.69) is 5.32 Å². The van der Waals surface area contributed by atoms with Crippen molar-refractivity contribution in [2.75, 3.05) is 34.4 Å². The Kier molecular flexibility index (Phi) is 7.92. The molecule has 7 nitrogen and oxygen atoms in total. The highest BCUT2D eigenvalue weighted by Gasteiger charge is 2.28. The van der Waals surface area contributed by atoms with Gasteiger partial charge in [-0.3, -0.25) is 9.59 Å². The van der Waals surface area contributed by atoms with Crippen molar-refractivity contribution < 1.29 is 28.2 Å². The van der Waals surface area contributed by atoms with Crippen molar-refractivity contribution in [3.63, 3.8) is 0 Å². The normalized spacial score (nSPS) is 15.8. The van der Waals surface area contributed by atoms with Crippen LogP contribution in [-0.4, -0.2) is 51.1 Å². The minimum atomic E-state index is -0.331. The molecule has 0 aromatic heterocycles. The molecule has 1 saturated heterocycles. The first kappa shape index (κ1) is 23.4. The van der Waals surface area contributed by atoms with Crippen LogP contribution < -0.4 is 19.5 Å². The SMILES string of the molecule is COc1cc(OC)c(OC)cc1CNC(=O)C1CCCN(C(=O)Cc2ccc(F)cc2)C1. The number of hydrogen-bond donors (Lipinski definition) is 1. The summed E-state index contributed by atoms with van der Waals surface area (Å²) in [6, 6.07) is 9.40. The molecule has 1 aliphatic rings. The summed E-state index contributed by atoms with van der Waals surface area (Å²) in [5.74, 6) is 0.892. The van der Waals surface area contributed by atoms with Gasteiger partial charge in [0.05, 0.1) is 33.7 Å². The molecule has 3 rings (SSSR count). The summed E-state index contributed by atoms with van der Waals surface area (Å²) in [6.07, 6.45) is 1.67. The number of ether oxygens (including phenoxy) is 3. The fourth-order valence-corrected chi connectivity index (χ4v) is 3.86. The van der Waals surface area contributed by atoms with Crippen molar-refractivity contribution in [2.24, 2.45) is 5.92 Å². The summed E-state index contributed by atoms with van der Waals surface area (Å²) in [6.45, 7) is 1.25. The number of piperidine rings is 1. The van der Waals surface area contributed by atoms with Gasteiger partial charge in [0.2, 0.25) is 11.8 Å². The van der Waals surface area contributed by atoms with Crippen LogP contribution in [0.4, 0.5) is 4.39 Å². The first-order valence-electron chi connectivity index (χ1n) is 10.5. The van der Waals surface area contributed by atoms with Crippen LogP contribution >= 0.6 is 0 Å². The van der Waals surface area contributed by atoms with E-state index in [0.29, 0.717) is 30.3 Å². The maximum absolute atomic E-state index is 13.1. The highest BCUT2D eigenvalue weighted by atomic mass is 19.1. The number of nitrogens with one attached hydrogen (secondary N) is 1. The molecule has 2 aromatic rings. The molecule has 0 saturated carbocycles. The smallest absolute Gasteiger partial charge is 0.227 e. The van der Waals surface area contributed by atoms with Crippen LogP contribution in [0, 0.1) is 11.7 Å². The first-order valence-corrected chi connectivity index (χ1v) is 10.5. The van der Waals surface area contributed by atoms with E-state index in [1.54, 1.807) is 50.5 Å². The predicted molar refractivity (Wildman–Crippen MR) is 117 cm³/mol. The topological polar surface area (TPSA) is 77.1 Å². The molecule has 1 heterocycles. The molecule has 0 aliphatic carbocycles. The number of nitrogens with zero attached hydrogens (tertiary/aromatic N) is 1. The fraction of sp³-hybridized carbons (Fsp3) is 0.417. The van der Waals surface area contributed by atoms with Crippen LogP contribution in [0.5, 0.6) is 17.2 Å². The van der Waals surface area contributed by atoms with Gasteiger partial charge in [-0.05, 0) is 36.6 Å². The largest absolute Gasteiger partial charge is 0.496 e. The van der Waals surface area contributed by atoms with Gasteiger partial charge in [-0.2, -0.15) is 0 Å². The van der Waals surface area contributed by atoms with Crippen molar-refractivity contribution in [1.29, 1.82) is 0 Å². The standard InChI is InChI=1S/C24H29FN2O5/c1-30-20-13-22(32-3)21(31-2)12-18(20)14-26-24(29)17-5-4-10-27(15-17)23(28)11-16-6-8-19(25)9-7-16/h6-9,12-13,17H,4-5,10-11,14-15H2,1-3H3,(H,26,29). The third kappa shape index (κ3) is 5.69. The van der Waals surface area contributed by atoms with Gasteiger partial charge in [-0.15, -0.1) is 0 Å². The molecule has 32 heavy (non-hydrogen) atoms. The van der Waals surface area contributed by atoms with Crippen molar-refractivity contribution in [1.82, 2.24) is 10.2 Å². The number of rotatable bonds is 8. The number of methoxy groups -OCH3 is 3. The van der Waals surface area contributed by atoms with Gasteiger partial charge < -0.3 is 24.4 Å². The molecule has 2 aromatic carbocycles. The Morgan fingerprint density at radius 1 is 1.03 bits per heavy atom. The van der Waals surface area contributed by atoms with E-state index in [9.17, 15) is 14.0 Å². The van der Waals surface area contributed by atoms with Crippen LogP contribution in [-0.2, 0) is 22.6 Å². The maximum atomic E-state index is 13.1. The summed E-state index contributed by atoms with van der Waals surface area (Å²) in [5, 5.41) is 2.95. The number of carbonyl (C=O) groups is 2. The van der Waals surface area contributed by atoms with Crippen molar-refractivity contribution in [2.45, 2.75) is 25.8 Å². The highest BCUT2D eigenvalue weighted by molar-refractivity contribution is 5.82. The molecule has 172 valence electrons. The van der Waals surface area contributed by atoms with Gasteiger partial charge in [0.1, 0.15) is 11.6 Å². The van der Waals surface area contributed by atoms with Crippen LogP contribution in [0.3, 0.4) is 0 Å². The fourth-order valence-electron chi connectivity index (χ4n) is 3.86. The third-order valence-electron chi connectivity index (χ3n) is 5.65. The van der Waals surface area contributed by atoms with Gasteiger partial charge in [0, 0.05) is 31.3 Å². The first-order chi connectivity index (χ1) is 15.4. The minimum Gasteiger partial charge on any atom is -0.496 e. The van der Waals surface area contributed by atoms with Gasteiger partial charge in [0.25, 0.3) is 0 Å². The lowest BCUT2D eigenvalue weighted by atomic mass is 9.96. The molecular formula is C24H29FN2O5.